The second-order valence-electron chi connectivity index (χ2n) is 4.47. The maximum atomic E-state index is 3.87. The number of allylic oxidation sites excluding steroid dienone is 1. The first kappa shape index (κ1) is 7.39. The van der Waals surface area contributed by atoms with Gasteiger partial charge in [0.05, 0.1) is 0 Å². The molecule has 0 radical (unpaired) electrons. The topological polar surface area (TPSA) is 0 Å². The van der Waals surface area contributed by atoms with Crippen molar-refractivity contribution >= 4 is 0 Å². The van der Waals surface area contributed by atoms with Gasteiger partial charge in [0.25, 0.3) is 0 Å². The van der Waals surface area contributed by atoms with E-state index in [0.29, 0.717) is 0 Å². The largest absolute Gasteiger partial charge is 0.103 e. The van der Waals surface area contributed by atoms with E-state index in [1.165, 1.54) is 44.9 Å². The van der Waals surface area contributed by atoms with Gasteiger partial charge in [0, 0.05) is 0 Å². The molecule has 0 amide bonds. The van der Waals surface area contributed by atoms with Crippen LogP contribution in [-0.4, -0.2) is 0 Å². The highest BCUT2D eigenvalue weighted by Crippen LogP contribution is 2.52. The molecule has 3 aliphatic carbocycles. The Labute approximate surface area is 69.7 Å². The van der Waals surface area contributed by atoms with E-state index in [1.807, 2.05) is 0 Å². The van der Waals surface area contributed by atoms with Gasteiger partial charge in [-0.2, -0.15) is 0 Å². The average Bonchev–Trinajstić information content (AvgIpc) is 2.07. The van der Waals surface area contributed by atoms with Crippen LogP contribution in [0.4, 0.5) is 0 Å². The second kappa shape index (κ2) is 2.66. The lowest BCUT2D eigenvalue weighted by Crippen LogP contribution is -2.33. The molecule has 0 aliphatic heterocycles. The van der Waals surface area contributed by atoms with Crippen molar-refractivity contribution in [1.29, 1.82) is 0 Å². The van der Waals surface area contributed by atoms with Crippen LogP contribution in [-0.2, 0) is 0 Å². The zero-order valence-electron chi connectivity index (χ0n) is 7.31. The summed E-state index contributed by atoms with van der Waals surface area (Å²) in [5.41, 5.74) is 0.719. The third-order valence-corrected chi connectivity index (χ3v) is 3.83. The Hall–Kier alpha value is -0.260. The maximum Gasteiger partial charge on any atom is -0.0263 e. The molecule has 0 heteroatoms. The number of rotatable bonds is 2. The maximum absolute atomic E-state index is 3.87. The lowest BCUT2D eigenvalue weighted by molar-refractivity contribution is 0.0680. The Kier molecular flexibility index (Phi) is 1.78. The second-order valence-corrected chi connectivity index (χ2v) is 4.47. The van der Waals surface area contributed by atoms with E-state index in [1.54, 1.807) is 0 Å². The smallest absolute Gasteiger partial charge is 0.0263 e. The molecule has 3 saturated carbocycles. The molecule has 62 valence electrons. The van der Waals surface area contributed by atoms with Gasteiger partial charge < -0.3 is 0 Å². The van der Waals surface area contributed by atoms with Gasteiger partial charge >= 0.3 is 0 Å². The van der Waals surface area contributed by atoms with Crippen molar-refractivity contribution in [3.63, 3.8) is 0 Å². The van der Waals surface area contributed by atoms with E-state index in [9.17, 15) is 0 Å². The third kappa shape index (κ3) is 1.23. The van der Waals surface area contributed by atoms with Crippen LogP contribution in [0, 0.1) is 11.3 Å². The van der Waals surface area contributed by atoms with Gasteiger partial charge in [0.1, 0.15) is 0 Å². The number of fused-ring (bicyclic) bond motifs is 3. The van der Waals surface area contributed by atoms with E-state index in [0.717, 1.165) is 11.3 Å². The van der Waals surface area contributed by atoms with Crippen LogP contribution in [0.3, 0.4) is 0 Å². The van der Waals surface area contributed by atoms with Crippen LogP contribution >= 0.6 is 0 Å². The average molecular weight is 150 g/mol. The van der Waals surface area contributed by atoms with Crippen LogP contribution in [0.15, 0.2) is 12.7 Å². The minimum atomic E-state index is 0.719. The van der Waals surface area contributed by atoms with Crippen molar-refractivity contribution in [3.8, 4) is 0 Å². The molecule has 11 heavy (non-hydrogen) atoms. The fourth-order valence-electron chi connectivity index (χ4n) is 2.95. The monoisotopic (exact) mass is 150 g/mol. The molecule has 0 spiro atoms. The van der Waals surface area contributed by atoms with E-state index >= 15 is 0 Å². The fraction of sp³-hybridized carbons (Fsp3) is 0.818. The highest BCUT2D eigenvalue weighted by molar-refractivity contribution is 4.95. The quantitative estimate of drug-likeness (QED) is 0.528. The van der Waals surface area contributed by atoms with E-state index in [-0.39, 0.29) is 0 Å². The minimum Gasteiger partial charge on any atom is -0.103 e. The summed E-state index contributed by atoms with van der Waals surface area (Å²) in [4.78, 5) is 0. The predicted molar refractivity (Wildman–Crippen MR) is 48.4 cm³/mol. The molecule has 0 heterocycles. The lowest BCUT2D eigenvalue weighted by atomic mass is 9.59. The van der Waals surface area contributed by atoms with Gasteiger partial charge in [0.2, 0.25) is 0 Å². The summed E-state index contributed by atoms with van der Waals surface area (Å²) in [5.74, 6) is 1.10. The third-order valence-electron chi connectivity index (χ3n) is 3.83. The van der Waals surface area contributed by atoms with Gasteiger partial charge in [-0.15, -0.1) is 6.58 Å². The van der Waals surface area contributed by atoms with Crippen molar-refractivity contribution in [2.75, 3.05) is 0 Å². The molecule has 3 fully saturated rings. The normalized spacial score (nSPS) is 42.4. The van der Waals surface area contributed by atoms with Crippen molar-refractivity contribution in [2.45, 2.75) is 44.9 Å². The summed E-state index contributed by atoms with van der Waals surface area (Å²) in [5, 5.41) is 0. The van der Waals surface area contributed by atoms with E-state index in [4.69, 9.17) is 0 Å². The molecule has 0 aromatic carbocycles. The summed E-state index contributed by atoms with van der Waals surface area (Å²) < 4.78 is 0. The zero-order chi connectivity index (χ0) is 7.73. The first-order valence-corrected chi connectivity index (χ1v) is 4.96. The number of hydrogen-bond acceptors (Lipinski definition) is 0. The molecule has 2 bridgehead atoms. The Bertz CT molecular complexity index is 136. The van der Waals surface area contributed by atoms with Gasteiger partial charge in [-0.1, -0.05) is 6.08 Å². The Morgan fingerprint density at radius 2 is 1.73 bits per heavy atom. The van der Waals surface area contributed by atoms with Crippen LogP contribution in [0.2, 0.25) is 0 Å². The van der Waals surface area contributed by atoms with Crippen LogP contribution in [0.25, 0.3) is 0 Å². The Morgan fingerprint density at radius 3 is 2.18 bits per heavy atom. The highest BCUT2D eigenvalue weighted by Gasteiger charge is 2.38. The van der Waals surface area contributed by atoms with Crippen molar-refractivity contribution in [1.82, 2.24) is 0 Å². The van der Waals surface area contributed by atoms with Crippen molar-refractivity contribution in [2.24, 2.45) is 11.3 Å². The Balaban J connectivity index is 2.05. The first-order chi connectivity index (χ1) is 5.35. The molecule has 3 aliphatic rings. The van der Waals surface area contributed by atoms with Gasteiger partial charge in [-0.25, -0.2) is 0 Å². The van der Waals surface area contributed by atoms with Crippen molar-refractivity contribution in [3.05, 3.63) is 12.7 Å². The Morgan fingerprint density at radius 1 is 1.18 bits per heavy atom. The molecular weight excluding hydrogens is 132 g/mol. The van der Waals surface area contributed by atoms with Crippen LogP contribution < -0.4 is 0 Å². The summed E-state index contributed by atoms with van der Waals surface area (Å²) in [6.45, 7) is 3.87. The fourth-order valence-corrected chi connectivity index (χ4v) is 2.95. The van der Waals surface area contributed by atoms with Gasteiger partial charge in [0.15, 0.2) is 0 Å². The minimum absolute atomic E-state index is 0.719. The van der Waals surface area contributed by atoms with E-state index < -0.39 is 0 Å². The van der Waals surface area contributed by atoms with Crippen molar-refractivity contribution < 1.29 is 0 Å². The summed E-state index contributed by atoms with van der Waals surface area (Å²) in [6.07, 6.45) is 12.4. The zero-order valence-corrected chi connectivity index (χ0v) is 7.31. The molecular formula is C11H18. The number of hydrogen-bond donors (Lipinski definition) is 0. The molecule has 0 aromatic rings. The lowest BCUT2D eigenvalue weighted by Gasteiger charge is -2.46. The highest BCUT2D eigenvalue weighted by atomic mass is 14.4. The van der Waals surface area contributed by atoms with Gasteiger partial charge in [-0.05, 0) is 56.3 Å². The molecule has 0 N–H and O–H groups in total. The predicted octanol–water partition coefficient (Wildman–Crippen LogP) is 3.53. The standard InChI is InChI=1S/C11H18/c1-2-6-11-7-3-10(4-8-11)5-9-11/h2,10H,1,3-9H2. The molecule has 3 rings (SSSR count). The van der Waals surface area contributed by atoms with Crippen LogP contribution in [0.5, 0.6) is 0 Å². The molecule has 0 saturated heterocycles. The van der Waals surface area contributed by atoms with E-state index in [2.05, 4.69) is 12.7 Å². The molecule has 0 aromatic heterocycles. The van der Waals surface area contributed by atoms with Crippen LogP contribution in [0.1, 0.15) is 44.9 Å². The summed E-state index contributed by atoms with van der Waals surface area (Å²) in [7, 11) is 0. The molecule has 0 atom stereocenters. The van der Waals surface area contributed by atoms with Gasteiger partial charge in [-0.3, -0.25) is 0 Å². The SMILES string of the molecule is C=CCC12CCC(CC1)CC2. The first-order valence-electron chi connectivity index (χ1n) is 4.96. The molecule has 0 unspecified atom stereocenters. The summed E-state index contributed by atoms with van der Waals surface area (Å²) in [6, 6.07) is 0. The molecule has 0 nitrogen and oxygen atoms in total. The summed E-state index contributed by atoms with van der Waals surface area (Å²) >= 11 is 0.